The fourth-order valence-corrected chi connectivity index (χ4v) is 6.19. The van der Waals surface area contributed by atoms with Crippen LogP contribution in [-0.2, 0) is 26.2 Å². The highest BCUT2D eigenvalue weighted by atomic mass is 35.5. The Kier molecular flexibility index (Phi) is 12.1. The second-order valence-electron chi connectivity index (χ2n) is 9.84. The number of carbonyl (C=O) groups is 2. The van der Waals surface area contributed by atoms with Crippen molar-refractivity contribution in [2.75, 3.05) is 24.5 Å². The SMILES string of the molecule is CCCCNC(=O)C(CC)N(Cc1ccc(Cl)c(Cl)c1)C(=O)CN(c1ccccc1OC)S(=O)(=O)c1ccc(C)cc1. The van der Waals surface area contributed by atoms with Gasteiger partial charge < -0.3 is 15.0 Å². The topological polar surface area (TPSA) is 96.0 Å². The Morgan fingerprint density at radius 2 is 1.67 bits per heavy atom. The lowest BCUT2D eigenvalue weighted by molar-refractivity contribution is -0.140. The lowest BCUT2D eigenvalue weighted by atomic mass is 10.1. The average molecular weight is 635 g/mol. The van der Waals surface area contributed by atoms with E-state index in [9.17, 15) is 18.0 Å². The number of sulfonamides is 1. The zero-order valence-corrected chi connectivity index (χ0v) is 26.6. The van der Waals surface area contributed by atoms with Crippen molar-refractivity contribution in [3.8, 4) is 5.75 Å². The zero-order valence-electron chi connectivity index (χ0n) is 24.3. The van der Waals surface area contributed by atoms with Crippen molar-refractivity contribution in [1.82, 2.24) is 10.2 Å². The predicted octanol–water partition coefficient (Wildman–Crippen LogP) is 6.23. The number of anilines is 1. The molecule has 0 saturated carbocycles. The van der Waals surface area contributed by atoms with Crippen LogP contribution in [0.2, 0.25) is 10.0 Å². The number of hydrogen-bond donors (Lipinski definition) is 1. The van der Waals surface area contributed by atoms with E-state index in [0.717, 1.165) is 22.7 Å². The van der Waals surface area contributed by atoms with Gasteiger partial charge in [0.25, 0.3) is 10.0 Å². The van der Waals surface area contributed by atoms with Gasteiger partial charge in [0.15, 0.2) is 0 Å². The van der Waals surface area contributed by atoms with Gasteiger partial charge in [-0.15, -0.1) is 0 Å². The van der Waals surface area contributed by atoms with E-state index in [4.69, 9.17) is 27.9 Å². The van der Waals surface area contributed by atoms with E-state index in [0.29, 0.717) is 28.6 Å². The molecule has 0 aliphatic rings. The maximum absolute atomic E-state index is 14.2. The van der Waals surface area contributed by atoms with Crippen molar-refractivity contribution in [2.45, 2.75) is 57.5 Å². The molecule has 11 heteroatoms. The Balaban J connectivity index is 2.09. The van der Waals surface area contributed by atoms with Crippen LogP contribution in [0.5, 0.6) is 5.75 Å². The number of ether oxygens (including phenoxy) is 1. The maximum atomic E-state index is 14.2. The Labute approximate surface area is 258 Å². The van der Waals surface area contributed by atoms with Crippen LogP contribution in [0.25, 0.3) is 0 Å². The van der Waals surface area contributed by atoms with Crippen molar-refractivity contribution in [3.05, 3.63) is 87.9 Å². The molecule has 226 valence electrons. The molecule has 0 aliphatic heterocycles. The largest absolute Gasteiger partial charge is 0.495 e. The fraction of sp³-hybridized carbons (Fsp3) is 0.355. The van der Waals surface area contributed by atoms with E-state index < -0.39 is 28.5 Å². The molecule has 0 bridgehead atoms. The van der Waals surface area contributed by atoms with Crippen LogP contribution < -0.4 is 14.4 Å². The Morgan fingerprint density at radius 1 is 0.976 bits per heavy atom. The molecule has 2 amide bonds. The van der Waals surface area contributed by atoms with Gasteiger partial charge in [-0.2, -0.15) is 0 Å². The highest BCUT2D eigenvalue weighted by Crippen LogP contribution is 2.33. The normalized spacial score (nSPS) is 12.0. The van der Waals surface area contributed by atoms with E-state index >= 15 is 0 Å². The van der Waals surface area contributed by atoms with Gasteiger partial charge in [-0.1, -0.05) is 79.4 Å². The van der Waals surface area contributed by atoms with Crippen molar-refractivity contribution >= 4 is 50.7 Å². The van der Waals surface area contributed by atoms with Crippen molar-refractivity contribution in [1.29, 1.82) is 0 Å². The number of halogens is 2. The van der Waals surface area contributed by atoms with Crippen LogP contribution >= 0.6 is 23.2 Å². The van der Waals surface area contributed by atoms with E-state index in [-0.39, 0.29) is 28.8 Å². The second-order valence-corrected chi connectivity index (χ2v) is 12.5. The highest BCUT2D eigenvalue weighted by molar-refractivity contribution is 7.92. The van der Waals surface area contributed by atoms with Gasteiger partial charge in [0, 0.05) is 13.1 Å². The third-order valence-corrected chi connectivity index (χ3v) is 9.31. The Bertz CT molecular complexity index is 1480. The van der Waals surface area contributed by atoms with Gasteiger partial charge in [-0.3, -0.25) is 13.9 Å². The molecular formula is C31H37Cl2N3O5S. The third kappa shape index (κ3) is 8.18. The van der Waals surface area contributed by atoms with E-state index in [1.807, 2.05) is 13.8 Å². The van der Waals surface area contributed by atoms with Crippen LogP contribution in [0, 0.1) is 6.92 Å². The molecule has 0 saturated heterocycles. The quantitative estimate of drug-likeness (QED) is 0.212. The molecule has 3 aromatic carbocycles. The number of rotatable bonds is 14. The molecule has 0 aliphatic carbocycles. The summed E-state index contributed by atoms with van der Waals surface area (Å²) in [6.45, 7) is 5.59. The summed E-state index contributed by atoms with van der Waals surface area (Å²) in [5.41, 5.74) is 1.73. The van der Waals surface area contributed by atoms with Crippen molar-refractivity contribution in [3.63, 3.8) is 0 Å². The summed E-state index contributed by atoms with van der Waals surface area (Å²) in [5.74, 6) is -0.605. The van der Waals surface area contributed by atoms with Crippen LogP contribution in [0.4, 0.5) is 5.69 Å². The van der Waals surface area contributed by atoms with Crippen molar-refractivity contribution in [2.24, 2.45) is 0 Å². The fourth-order valence-electron chi connectivity index (χ4n) is 4.45. The van der Waals surface area contributed by atoms with Gasteiger partial charge >= 0.3 is 0 Å². The van der Waals surface area contributed by atoms with Crippen LogP contribution in [0.1, 0.15) is 44.2 Å². The molecule has 0 heterocycles. The van der Waals surface area contributed by atoms with Crippen LogP contribution in [0.15, 0.2) is 71.6 Å². The predicted molar refractivity (Wildman–Crippen MR) is 168 cm³/mol. The molecule has 1 N–H and O–H groups in total. The van der Waals surface area contributed by atoms with Gasteiger partial charge in [0.1, 0.15) is 18.3 Å². The number of methoxy groups -OCH3 is 1. The highest BCUT2D eigenvalue weighted by Gasteiger charge is 2.34. The van der Waals surface area contributed by atoms with Gasteiger partial charge in [-0.05, 0) is 61.7 Å². The minimum Gasteiger partial charge on any atom is -0.495 e. The van der Waals surface area contributed by atoms with E-state index in [1.165, 1.54) is 24.1 Å². The first-order chi connectivity index (χ1) is 20.0. The smallest absolute Gasteiger partial charge is 0.264 e. The first kappa shape index (κ1) is 33.2. The number of hydrogen-bond acceptors (Lipinski definition) is 5. The molecule has 3 aromatic rings. The first-order valence-electron chi connectivity index (χ1n) is 13.8. The number of unbranched alkanes of at least 4 members (excludes halogenated alkanes) is 1. The number of carbonyl (C=O) groups excluding carboxylic acids is 2. The molecule has 42 heavy (non-hydrogen) atoms. The number of benzene rings is 3. The lowest BCUT2D eigenvalue weighted by Crippen LogP contribution is -2.52. The molecule has 3 rings (SSSR count). The summed E-state index contributed by atoms with van der Waals surface area (Å²) >= 11 is 12.4. The summed E-state index contributed by atoms with van der Waals surface area (Å²) in [6, 6.07) is 17.1. The van der Waals surface area contributed by atoms with Crippen LogP contribution in [-0.4, -0.2) is 51.4 Å². The van der Waals surface area contributed by atoms with E-state index in [1.54, 1.807) is 61.5 Å². The first-order valence-corrected chi connectivity index (χ1v) is 16.0. The Hall–Kier alpha value is -3.27. The maximum Gasteiger partial charge on any atom is 0.264 e. The molecule has 8 nitrogen and oxygen atoms in total. The van der Waals surface area contributed by atoms with Gasteiger partial charge in [-0.25, -0.2) is 8.42 Å². The monoisotopic (exact) mass is 633 g/mol. The zero-order chi connectivity index (χ0) is 30.9. The number of amides is 2. The molecule has 0 radical (unpaired) electrons. The summed E-state index contributed by atoms with van der Waals surface area (Å²) in [5, 5.41) is 3.57. The van der Waals surface area contributed by atoms with E-state index in [2.05, 4.69) is 5.32 Å². The number of nitrogens with zero attached hydrogens (tertiary/aromatic N) is 2. The van der Waals surface area contributed by atoms with Crippen molar-refractivity contribution < 1.29 is 22.7 Å². The summed E-state index contributed by atoms with van der Waals surface area (Å²) in [4.78, 5) is 28.9. The summed E-state index contributed by atoms with van der Waals surface area (Å²) < 4.78 is 34.6. The molecule has 1 unspecified atom stereocenters. The molecule has 0 fully saturated rings. The minimum absolute atomic E-state index is 0.0137. The molecule has 1 atom stereocenters. The Morgan fingerprint density at radius 3 is 2.29 bits per heavy atom. The third-order valence-electron chi connectivity index (χ3n) is 6.79. The minimum atomic E-state index is -4.22. The second kappa shape index (κ2) is 15.3. The number of para-hydroxylation sites is 2. The lowest BCUT2D eigenvalue weighted by Gasteiger charge is -2.33. The number of nitrogens with one attached hydrogen (secondary N) is 1. The summed E-state index contributed by atoms with van der Waals surface area (Å²) in [7, 11) is -2.79. The molecular weight excluding hydrogens is 597 g/mol. The van der Waals surface area contributed by atoms with Gasteiger partial charge in [0.05, 0.1) is 27.7 Å². The standard InChI is InChI=1S/C31H37Cl2N3O5S/c1-5-7-18-34-31(38)27(6-2)35(20-23-14-17-25(32)26(33)19-23)30(37)21-36(28-10-8-9-11-29(28)41-4)42(39,40)24-15-12-22(3)13-16-24/h8-17,19,27H,5-7,18,20-21H2,1-4H3,(H,34,38). The van der Waals surface area contributed by atoms with Crippen LogP contribution in [0.3, 0.4) is 0 Å². The summed E-state index contributed by atoms with van der Waals surface area (Å²) in [6.07, 6.45) is 2.00. The molecule has 0 spiro atoms. The molecule has 0 aromatic heterocycles. The van der Waals surface area contributed by atoms with Gasteiger partial charge in [0.2, 0.25) is 11.8 Å². The average Bonchev–Trinajstić information content (AvgIpc) is 2.97. The number of aryl methyl sites for hydroxylation is 1.